The Morgan fingerprint density at radius 2 is 1.50 bits per heavy atom. The molecule has 4 nitrogen and oxygen atoms in total. The number of benzene rings is 2. The summed E-state index contributed by atoms with van der Waals surface area (Å²) in [6.45, 7) is 7.39. The Morgan fingerprint density at radius 1 is 0.923 bits per heavy atom. The molecule has 138 valence electrons. The molecule has 2 rings (SSSR count). The third-order valence-corrected chi connectivity index (χ3v) is 4.60. The molecule has 0 aliphatic rings. The first-order valence-corrected chi connectivity index (χ1v) is 9.03. The second-order valence-electron chi connectivity index (χ2n) is 6.77. The molecule has 1 amide bonds. The average Bonchev–Trinajstić information content (AvgIpc) is 2.66. The Hall–Kier alpha value is -2.62. The lowest BCUT2D eigenvalue weighted by molar-refractivity contribution is -0.152. The van der Waals surface area contributed by atoms with Crippen molar-refractivity contribution in [2.45, 2.75) is 46.0 Å². The van der Waals surface area contributed by atoms with Gasteiger partial charge in [-0.05, 0) is 43.4 Å². The van der Waals surface area contributed by atoms with Crippen LogP contribution in [-0.2, 0) is 32.6 Å². The summed E-state index contributed by atoms with van der Waals surface area (Å²) < 4.78 is 5.29. The third-order valence-electron chi connectivity index (χ3n) is 4.60. The van der Waals surface area contributed by atoms with E-state index in [0.29, 0.717) is 0 Å². The number of carbonyl (C=O) groups is 2. The number of esters is 1. The minimum absolute atomic E-state index is 0.295. The zero-order valence-corrected chi connectivity index (χ0v) is 16.0. The van der Waals surface area contributed by atoms with Crippen LogP contribution in [-0.4, -0.2) is 18.5 Å². The van der Waals surface area contributed by atoms with Gasteiger partial charge in [0, 0.05) is 5.69 Å². The van der Waals surface area contributed by atoms with Crippen LogP contribution in [0.3, 0.4) is 0 Å². The number of carbonyl (C=O) groups excluding carboxylic acids is 2. The number of anilines is 1. The summed E-state index contributed by atoms with van der Waals surface area (Å²) in [6.07, 6.45) is 1.65. The van der Waals surface area contributed by atoms with Crippen molar-refractivity contribution >= 4 is 17.6 Å². The number of hydrogen-bond acceptors (Lipinski definition) is 3. The number of para-hydroxylation sites is 1. The van der Waals surface area contributed by atoms with Gasteiger partial charge in [-0.3, -0.25) is 9.59 Å². The molecule has 1 N–H and O–H groups in total. The van der Waals surface area contributed by atoms with Gasteiger partial charge >= 0.3 is 5.97 Å². The molecule has 0 aliphatic heterocycles. The third kappa shape index (κ3) is 4.51. The zero-order valence-electron chi connectivity index (χ0n) is 16.0. The van der Waals surface area contributed by atoms with E-state index in [9.17, 15) is 9.59 Å². The number of amides is 1. The van der Waals surface area contributed by atoms with E-state index in [4.69, 9.17) is 4.74 Å². The van der Waals surface area contributed by atoms with Crippen molar-refractivity contribution in [3.8, 4) is 0 Å². The first-order chi connectivity index (χ1) is 12.4. The molecule has 4 heteroatoms. The average molecular weight is 353 g/mol. The quantitative estimate of drug-likeness (QED) is 0.756. The lowest BCUT2D eigenvalue weighted by Crippen LogP contribution is -2.33. The lowest BCUT2D eigenvalue weighted by atomic mass is 9.85. The van der Waals surface area contributed by atoms with Gasteiger partial charge in [0.25, 0.3) is 5.91 Å². The standard InChI is InChI=1S/C22H27NO3/c1-5-16-11-10-12-17(6-2)20(16)23-19(24)15-26-21(25)22(3,4)18-13-8-7-9-14-18/h7-14H,5-6,15H2,1-4H3,(H,23,24). The van der Waals surface area contributed by atoms with E-state index in [-0.39, 0.29) is 12.5 Å². The van der Waals surface area contributed by atoms with Crippen molar-refractivity contribution in [1.29, 1.82) is 0 Å². The van der Waals surface area contributed by atoms with E-state index in [1.54, 1.807) is 13.8 Å². The fourth-order valence-corrected chi connectivity index (χ4v) is 2.86. The van der Waals surface area contributed by atoms with Gasteiger partial charge in [0.15, 0.2) is 6.61 Å². The second-order valence-corrected chi connectivity index (χ2v) is 6.77. The van der Waals surface area contributed by atoms with Crippen molar-refractivity contribution in [3.05, 3.63) is 65.2 Å². The van der Waals surface area contributed by atoms with Gasteiger partial charge in [-0.2, -0.15) is 0 Å². The molecule has 0 aliphatic carbocycles. The molecule has 0 atom stereocenters. The monoisotopic (exact) mass is 353 g/mol. The van der Waals surface area contributed by atoms with Crippen molar-refractivity contribution in [2.75, 3.05) is 11.9 Å². The minimum atomic E-state index is -0.808. The predicted molar refractivity (Wildman–Crippen MR) is 104 cm³/mol. The molecule has 0 heterocycles. The van der Waals surface area contributed by atoms with Crippen LogP contribution in [0.1, 0.15) is 44.4 Å². The fraction of sp³-hybridized carbons (Fsp3) is 0.364. The summed E-state index contributed by atoms with van der Waals surface area (Å²) in [5.41, 5.74) is 3.04. The molecule has 2 aromatic carbocycles. The first kappa shape index (κ1) is 19.7. The van der Waals surface area contributed by atoms with Gasteiger partial charge in [0.2, 0.25) is 0 Å². The summed E-state index contributed by atoms with van der Waals surface area (Å²) >= 11 is 0. The highest BCUT2D eigenvalue weighted by molar-refractivity contribution is 5.95. The van der Waals surface area contributed by atoms with Gasteiger partial charge in [0.1, 0.15) is 0 Å². The summed E-state index contributed by atoms with van der Waals surface area (Å²) in [5, 5.41) is 2.91. The molecule has 0 unspecified atom stereocenters. The summed E-state index contributed by atoms with van der Waals surface area (Å²) in [6, 6.07) is 15.4. The minimum Gasteiger partial charge on any atom is -0.455 e. The summed E-state index contributed by atoms with van der Waals surface area (Å²) in [4.78, 5) is 24.8. The van der Waals surface area contributed by atoms with E-state index in [1.165, 1.54) is 0 Å². The maximum atomic E-state index is 12.5. The maximum Gasteiger partial charge on any atom is 0.316 e. The largest absolute Gasteiger partial charge is 0.455 e. The Morgan fingerprint density at radius 3 is 2.04 bits per heavy atom. The number of ether oxygens (including phenoxy) is 1. The molecule has 0 radical (unpaired) electrons. The Kier molecular flexibility index (Phi) is 6.56. The van der Waals surface area contributed by atoms with Gasteiger partial charge in [0.05, 0.1) is 5.41 Å². The van der Waals surface area contributed by atoms with Crippen LogP contribution in [0.25, 0.3) is 0 Å². The number of nitrogens with one attached hydrogen (secondary N) is 1. The lowest BCUT2D eigenvalue weighted by Gasteiger charge is -2.23. The highest BCUT2D eigenvalue weighted by atomic mass is 16.5. The topological polar surface area (TPSA) is 55.4 Å². The van der Waals surface area contributed by atoms with Crippen LogP contribution in [0.15, 0.2) is 48.5 Å². The molecular formula is C22H27NO3. The van der Waals surface area contributed by atoms with Crippen LogP contribution in [0.5, 0.6) is 0 Å². The molecule has 2 aromatic rings. The van der Waals surface area contributed by atoms with Crippen LogP contribution in [0.2, 0.25) is 0 Å². The van der Waals surface area contributed by atoms with Gasteiger partial charge in [-0.25, -0.2) is 0 Å². The van der Waals surface area contributed by atoms with Gasteiger partial charge < -0.3 is 10.1 Å². The number of hydrogen-bond donors (Lipinski definition) is 1. The molecule has 26 heavy (non-hydrogen) atoms. The van der Waals surface area contributed by atoms with E-state index in [1.807, 2.05) is 62.4 Å². The second kappa shape index (κ2) is 8.65. The van der Waals surface area contributed by atoms with Crippen molar-refractivity contribution in [2.24, 2.45) is 0 Å². The highest BCUT2D eigenvalue weighted by Crippen LogP contribution is 2.25. The normalized spacial score (nSPS) is 11.1. The SMILES string of the molecule is CCc1cccc(CC)c1NC(=O)COC(=O)C(C)(C)c1ccccc1. The fourth-order valence-electron chi connectivity index (χ4n) is 2.86. The number of aryl methyl sites for hydroxylation is 2. The predicted octanol–water partition coefficient (Wildman–Crippen LogP) is 4.27. The van der Waals surface area contributed by atoms with E-state index >= 15 is 0 Å². The molecule has 0 aromatic heterocycles. The number of rotatable bonds is 7. The maximum absolute atomic E-state index is 12.5. The van der Waals surface area contributed by atoms with Gasteiger partial charge in [-0.1, -0.05) is 62.4 Å². The molecule has 0 saturated heterocycles. The Balaban J connectivity index is 2.02. The van der Waals surface area contributed by atoms with Crippen LogP contribution < -0.4 is 5.32 Å². The summed E-state index contributed by atoms with van der Waals surface area (Å²) in [7, 11) is 0. The Labute approximate surface area is 155 Å². The highest BCUT2D eigenvalue weighted by Gasteiger charge is 2.31. The van der Waals surface area contributed by atoms with Crippen molar-refractivity contribution < 1.29 is 14.3 Å². The van der Waals surface area contributed by atoms with E-state index < -0.39 is 11.4 Å². The van der Waals surface area contributed by atoms with E-state index in [2.05, 4.69) is 5.32 Å². The van der Waals surface area contributed by atoms with E-state index in [0.717, 1.165) is 35.2 Å². The first-order valence-electron chi connectivity index (χ1n) is 9.03. The van der Waals surface area contributed by atoms with Crippen LogP contribution in [0.4, 0.5) is 5.69 Å². The summed E-state index contributed by atoms with van der Waals surface area (Å²) in [5.74, 6) is -0.740. The zero-order chi connectivity index (χ0) is 19.2. The van der Waals surface area contributed by atoms with Crippen LogP contribution >= 0.6 is 0 Å². The molecule has 0 spiro atoms. The van der Waals surface area contributed by atoms with Crippen molar-refractivity contribution in [1.82, 2.24) is 0 Å². The Bertz CT molecular complexity index is 744. The molecule has 0 fully saturated rings. The molecule has 0 bridgehead atoms. The molecule has 0 saturated carbocycles. The smallest absolute Gasteiger partial charge is 0.316 e. The molecular weight excluding hydrogens is 326 g/mol. The van der Waals surface area contributed by atoms with Gasteiger partial charge in [-0.15, -0.1) is 0 Å². The van der Waals surface area contributed by atoms with Crippen molar-refractivity contribution in [3.63, 3.8) is 0 Å². The van der Waals surface area contributed by atoms with Crippen LogP contribution in [0, 0.1) is 0 Å².